The Kier molecular flexibility index (Phi) is 5.94. The molecule has 0 aliphatic heterocycles. The number of aryl methyl sites for hydroxylation is 2. The molecule has 156 valence electrons. The van der Waals surface area contributed by atoms with Gasteiger partial charge in [0.2, 0.25) is 5.78 Å². The molecule has 0 saturated carbocycles. The number of Topliss-reactive ketones (excluding diaryl/α,β-unsaturated/α-hetero) is 1. The Morgan fingerprint density at radius 1 is 0.935 bits per heavy atom. The Bertz CT molecular complexity index is 1240. The second-order valence-corrected chi connectivity index (χ2v) is 7.31. The van der Waals surface area contributed by atoms with Gasteiger partial charge in [-0.3, -0.25) is 4.79 Å². The van der Waals surface area contributed by atoms with Crippen molar-refractivity contribution >= 4 is 22.7 Å². The molecule has 0 unspecified atom stereocenters. The average Bonchev–Trinajstić information content (AvgIpc) is 3.25. The predicted octanol–water partition coefficient (Wildman–Crippen LogP) is 5.66. The first-order valence-electron chi connectivity index (χ1n) is 10.4. The highest BCUT2D eigenvalue weighted by atomic mass is 16.5. The monoisotopic (exact) mass is 413 g/mol. The molecule has 31 heavy (non-hydrogen) atoms. The van der Waals surface area contributed by atoms with Crippen molar-refractivity contribution in [3.63, 3.8) is 0 Å². The van der Waals surface area contributed by atoms with Gasteiger partial charge >= 0.3 is 5.97 Å². The fraction of sp³-hybridized carbons (Fsp3) is 0.192. The van der Waals surface area contributed by atoms with Gasteiger partial charge in [0.25, 0.3) is 0 Å². The van der Waals surface area contributed by atoms with Crippen LogP contribution in [-0.2, 0) is 17.6 Å². The third-order valence-electron chi connectivity index (χ3n) is 5.35. The standard InChI is InChI=1S/C26H23NO4/c1-3-17-10-11-18(4-2)21(14-17)24(28)16-30-26(29)20-12-13-23-22(15-20)25(31-27-23)19-8-6-5-7-9-19/h5-15H,3-4,16H2,1-2H3. The van der Waals surface area contributed by atoms with E-state index >= 15 is 0 Å². The molecule has 1 heterocycles. The van der Waals surface area contributed by atoms with E-state index in [1.54, 1.807) is 18.2 Å². The summed E-state index contributed by atoms with van der Waals surface area (Å²) in [5, 5.41) is 4.78. The fourth-order valence-electron chi connectivity index (χ4n) is 3.57. The molecule has 1 aromatic heterocycles. The largest absolute Gasteiger partial charge is 0.454 e. The van der Waals surface area contributed by atoms with Crippen molar-refractivity contribution < 1.29 is 18.8 Å². The van der Waals surface area contributed by atoms with Crippen LogP contribution in [0.3, 0.4) is 0 Å². The zero-order chi connectivity index (χ0) is 21.8. The minimum Gasteiger partial charge on any atom is -0.454 e. The van der Waals surface area contributed by atoms with Crippen LogP contribution in [0.25, 0.3) is 22.2 Å². The van der Waals surface area contributed by atoms with Crippen LogP contribution in [0.1, 0.15) is 45.7 Å². The van der Waals surface area contributed by atoms with Crippen LogP contribution in [0, 0.1) is 0 Å². The number of fused-ring (bicyclic) bond motifs is 1. The molecular formula is C26H23NO4. The highest BCUT2D eigenvalue weighted by Crippen LogP contribution is 2.29. The molecule has 0 aliphatic rings. The summed E-state index contributed by atoms with van der Waals surface area (Å²) in [4.78, 5) is 25.4. The van der Waals surface area contributed by atoms with Crippen LogP contribution in [0.5, 0.6) is 0 Å². The zero-order valence-corrected chi connectivity index (χ0v) is 17.6. The molecule has 0 fully saturated rings. The van der Waals surface area contributed by atoms with Gasteiger partial charge in [0.1, 0.15) is 5.52 Å². The lowest BCUT2D eigenvalue weighted by Crippen LogP contribution is -2.16. The fourth-order valence-corrected chi connectivity index (χ4v) is 3.57. The Labute approximate surface area is 180 Å². The van der Waals surface area contributed by atoms with Crippen LogP contribution in [-0.4, -0.2) is 23.5 Å². The van der Waals surface area contributed by atoms with Crippen molar-refractivity contribution in [1.82, 2.24) is 5.16 Å². The molecule has 4 rings (SSSR count). The summed E-state index contributed by atoms with van der Waals surface area (Å²) in [6.07, 6.45) is 1.58. The predicted molar refractivity (Wildman–Crippen MR) is 119 cm³/mol. The Morgan fingerprint density at radius 3 is 2.48 bits per heavy atom. The van der Waals surface area contributed by atoms with E-state index in [9.17, 15) is 9.59 Å². The lowest BCUT2D eigenvalue weighted by atomic mass is 9.98. The van der Waals surface area contributed by atoms with Gasteiger partial charge in [0.15, 0.2) is 12.4 Å². The van der Waals surface area contributed by atoms with E-state index in [1.165, 1.54) is 0 Å². The minimum atomic E-state index is -0.555. The number of rotatable bonds is 7. The van der Waals surface area contributed by atoms with Crippen LogP contribution >= 0.6 is 0 Å². The first kappa shape index (κ1) is 20.5. The van der Waals surface area contributed by atoms with Crippen molar-refractivity contribution in [3.8, 4) is 11.3 Å². The number of nitrogens with zero attached hydrogens (tertiary/aromatic N) is 1. The van der Waals surface area contributed by atoms with E-state index in [4.69, 9.17) is 9.26 Å². The number of carbonyl (C=O) groups is 2. The SMILES string of the molecule is CCc1ccc(CC)c(C(=O)COC(=O)c2ccc3noc(-c4ccccc4)c3c2)c1. The highest BCUT2D eigenvalue weighted by Gasteiger charge is 2.17. The normalized spacial score (nSPS) is 10.9. The number of ketones is 1. The van der Waals surface area contributed by atoms with Gasteiger partial charge in [-0.05, 0) is 48.2 Å². The van der Waals surface area contributed by atoms with Gasteiger partial charge < -0.3 is 9.26 Å². The molecule has 0 amide bonds. The third kappa shape index (κ3) is 4.26. The van der Waals surface area contributed by atoms with Gasteiger partial charge in [0.05, 0.1) is 10.9 Å². The zero-order valence-electron chi connectivity index (χ0n) is 17.6. The summed E-state index contributed by atoms with van der Waals surface area (Å²) >= 11 is 0. The van der Waals surface area contributed by atoms with Gasteiger partial charge in [-0.1, -0.05) is 61.5 Å². The third-order valence-corrected chi connectivity index (χ3v) is 5.35. The summed E-state index contributed by atoms with van der Waals surface area (Å²) in [5.74, 6) is -0.165. The van der Waals surface area contributed by atoms with E-state index in [1.807, 2.05) is 62.4 Å². The van der Waals surface area contributed by atoms with Gasteiger partial charge in [-0.2, -0.15) is 0 Å². The van der Waals surface area contributed by atoms with Crippen LogP contribution in [0.15, 0.2) is 71.3 Å². The Morgan fingerprint density at radius 2 is 1.74 bits per heavy atom. The van der Waals surface area contributed by atoms with Crippen LogP contribution in [0.4, 0.5) is 0 Å². The smallest absolute Gasteiger partial charge is 0.338 e. The number of aromatic nitrogens is 1. The van der Waals surface area contributed by atoms with E-state index < -0.39 is 5.97 Å². The van der Waals surface area contributed by atoms with Crippen LogP contribution in [0.2, 0.25) is 0 Å². The first-order valence-corrected chi connectivity index (χ1v) is 10.4. The van der Waals surface area contributed by atoms with Crippen LogP contribution < -0.4 is 0 Å². The van der Waals surface area contributed by atoms with Crippen molar-refractivity contribution in [2.24, 2.45) is 0 Å². The van der Waals surface area contributed by atoms with E-state index in [-0.39, 0.29) is 12.4 Å². The Balaban J connectivity index is 1.53. The van der Waals surface area contributed by atoms with Crippen molar-refractivity contribution in [2.75, 3.05) is 6.61 Å². The summed E-state index contributed by atoms with van der Waals surface area (Å²) in [5.41, 5.74) is 4.52. The molecule has 0 N–H and O–H groups in total. The summed E-state index contributed by atoms with van der Waals surface area (Å²) in [6.45, 7) is 3.74. The Hall–Kier alpha value is -3.73. The van der Waals surface area contributed by atoms with Crippen molar-refractivity contribution in [3.05, 3.63) is 89.0 Å². The first-order chi connectivity index (χ1) is 15.1. The minimum absolute atomic E-state index is 0.198. The van der Waals surface area contributed by atoms with E-state index in [0.717, 1.165) is 34.9 Å². The summed E-state index contributed by atoms with van der Waals surface area (Å²) < 4.78 is 10.8. The topological polar surface area (TPSA) is 69.4 Å². The van der Waals surface area contributed by atoms with Gasteiger partial charge in [0, 0.05) is 11.1 Å². The number of esters is 1. The van der Waals surface area contributed by atoms with Crippen molar-refractivity contribution in [2.45, 2.75) is 26.7 Å². The lowest BCUT2D eigenvalue weighted by molar-refractivity contribution is 0.0474. The maximum absolute atomic E-state index is 12.7. The molecule has 5 heteroatoms. The quantitative estimate of drug-likeness (QED) is 0.289. The number of hydrogen-bond acceptors (Lipinski definition) is 5. The number of benzene rings is 3. The highest BCUT2D eigenvalue weighted by molar-refractivity contribution is 6.02. The molecule has 0 spiro atoms. The maximum Gasteiger partial charge on any atom is 0.338 e. The molecular weight excluding hydrogens is 390 g/mol. The lowest BCUT2D eigenvalue weighted by Gasteiger charge is -2.10. The molecule has 4 aromatic rings. The number of hydrogen-bond donors (Lipinski definition) is 0. The molecule has 0 bridgehead atoms. The summed E-state index contributed by atoms with van der Waals surface area (Å²) in [7, 11) is 0. The molecule has 3 aromatic carbocycles. The molecule has 0 aliphatic carbocycles. The van der Waals surface area contributed by atoms with Gasteiger partial charge in [-0.15, -0.1) is 0 Å². The maximum atomic E-state index is 12.7. The number of ether oxygens (including phenoxy) is 1. The average molecular weight is 413 g/mol. The number of carbonyl (C=O) groups excluding carboxylic acids is 2. The van der Waals surface area contributed by atoms with Gasteiger partial charge in [-0.25, -0.2) is 4.79 Å². The summed E-state index contributed by atoms with van der Waals surface area (Å²) in [6, 6.07) is 20.5. The second kappa shape index (κ2) is 8.96. The van der Waals surface area contributed by atoms with Crippen molar-refractivity contribution in [1.29, 1.82) is 0 Å². The molecule has 0 radical (unpaired) electrons. The molecule has 5 nitrogen and oxygen atoms in total. The van der Waals surface area contributed by atoms with E-state index in [2.05, 4.69) is 5.16 Å². The molecule has 0 atom stereocenters. The van der Waals surface area contributed by atoms with E-state index in [0.29, 0.717) is 22.4 Å². The molecule has 0 saturated heterocycles. The second-order valence-electron chi connectivity index (χ2n) is 7.31.